The highest BCUT2D eigenvalue weighted by Gasteiger charge is 2.59. The molecule has 6 atom stereocenters. The van der Waals surface area contributed by atoms with Gasteiger partial charge in [0.25, 0.3) is 0 Å². The largest absolute Gasteiger partial charge is 0.411 e. The van der Waals surface area contributed by atoms with Crippen LogP contribution in [0.25, 0.3) is 0 Å². The quantitative estimate of drug-likeness (QED) is 0.502. The zero-order valence-corrected chi connectivity index (χ0v) is 14.5. The standard InChI is InChI=1S/C19H30N2O2/c1-18-9-7-13(20-22)11-12(18)3-4-14-15-5-6-17(21-23)19(15,2)10-8-16(14)18/h12,14-16,22-23H,3-11H2,1-2H3/t12-,14-,15+,16+,18-,19-/m0/s1. The van der Waals surface area contributed by atoms with E-state index in [4.69, 9.17) is 5.21 Å². The van der Waals surface area contributed by atoms with Gasteiger partial charge < -0.3 is 10.4 Å². The summed E-state index contributed by atoms with van der Waals surface area (Å²) in [7, 11) is 0. The lowest BCUT2D eigenvalue weighted by atomic mass is 9.45. The van der Waals surface area contributed by atoms with Gasteiger partial charge in [-0.15, -0.1) is 0 Å². The van der Waals surface area contributed by atoms with Crippen molar-refractivity contribution in [3.05, 3.63) is 0 Å². The molecule has 0 bridgehead atoms. The minimum absolute atomic E-state index is 0.144. The molecule has 4 rings (SSSR count). The molecule has 0 spiro atoms. The van der Waals surface area contributed by atoms with Crippen LogP contribution in [0, 0.1) is 34.5 Å². The van der Waals surface area contributed by atoms with Crippen molar-refractivity contribution < 1.29 is 10.4 Å². The third kappa shape index (κ3) is 2.02. The third-order valence-electron chi connectivity index (χ3n) is 8.50. The van der Waals surface area contributed by atoms with E-state index in [-0.39, 0.29) is 5.41 Å². The summed E-state index contributed by atoms with van der Waals surface area (Å²) in [4.78, 5) is 0. The van der Waals surface area contributed by atoms with Gasteiger partial charge in [-0.05, 0) is 86.9 Å². The van der Waals surface area contributed by atoms with Gasteiger partial charge in [0, 0.05) is 5.41 Å². The molecule has 4 nitrogen and oxygen atoms in total. The molecule has 4 heteroatoms. The van der Waals surface area contributed by atoms with E-state index in [9.17, 15) is 5.21 Å². The number of hydrogen-bond donors (Lipinski definition) is 2. The van der Waals surface area contributed by atoms with Gasteiger partial charge in [-0.2, -0.15) is 0 Å². The molecule has 0 amide bonds. The molecule has 0 aromatic rings. The second kappa shape index (κ2) is 5.22. The Morgan fingerprint density at radius 2 is 1.74 bits per heavy atom. The summed E-state index contributed by atoms with van der Waals surface area (Å²) < 4.78 is 0. The van der Waals surface area contributed by atoms with Gasteiger partial charge in [-0.3, -0.25) is 0 Å². The van der Waals surface area contributed by atoms with Crippen LogP contribution >= 0.6 is 0 Å². The molecule has 2 N–H and O–H groups in total. The Kier molecular flexibility index (Phi) is 3.51. The van der Waals surface area contributed by atoms with E-state index in [0.29, 0.717) is 17.3 Å². The lowest BCUT2D eigenvalue weighted by Gasteiger charge is -2.59. The van der Waals surface area contributed by atoms with Crippen LogP contribution in [0.3, 0.4) is 0 Å². The van der Waals surface area contributed by atoms with Crippen LogP contribution in [-0.4, -0.2) is 21.8 Å². The van der Waals surface area contributed by atoms with Crippen LogP contribution in [0.15, 0.2) is 10.3 Å². The minimum atomic E-state index is 0.144. The number of hydrogen-bond acceptors (Lipinski definition) is 4. The molecule has 0 radical (unpaired) electrons. The van der Waals surface area contributed by atoms with Crippen molar-refractivity contribution in [1.29, 1.82) is 0 Å². The average molecular weight is 318 g/mol. The van der Waals surface area contributed by atoms with E-state index in [0.717, 1.165) is 42.5 Å². The van der Waals surface area contributed by atoms with Crippen molar-refractivity contribution >= 4 is 11.4 Å². The molecular formula is C19H30N2O2. The first kappa shape index (κ1) is 15.5. The highest BCUT2D eigenvalue weighted by molar-refractivity contribution is 5.92. The summed E-state index contributed by atoms with van der Waals surface area (Å²) in [5.74, 6) is 3.00. The van der Waals surface area contributed by atoms with Crippen molar-refractivity contribution in [2.45, 2.75) is 71.6 Å². The molecule has 23 heavy (non-hydrogen) atoms. The minimum Gasteiger partial charge on any atom is -0.411 e. The second-order valence-corrected chi connectivity index (χ2v) is 9.07. The van der Waals surface area contributed by atoms with Crippen molar-refractivity contribution in [1.82, 2.24) is 0 Å². The van der Waals surface area contributed by atoms with Gasteiger partial charge in [-0.25, -0.2) is 0 Å². The van der Waals surface area contributed by atoms with Gasteiger partial charge in [0.15, 0.2) is 0 Å². The Labute approximate surface area is 139 Å². The molecular weight excluding hydrogens is 288 g/mol. The van der Waals surface area contributed by atoms with Crippen molar-refractivity contribution in [2.75, 3.05) is 0 Å². The van der Waals surface area contributed by atoms with Crippen molar-refractivity contribution in [3.63, 3.8) is 0 Å². The molecule has 0 aliphatic heterocycles. The fourth-order valence-corrected chi connectivity index (χ4v) is 7.10. The van der Waals surface area contributed by atoms with Crippen LogP contribution in [0.5, 0.6) is 0 Å². The Hall–Kier alpha value is -1.06. The van der Waals surface area contributed by atoms with Crippen LogP contribution in [0.2, 0.25) is 0 Å². The number of oxime groups is 2. The first-order chi connectivity index (χ1) is 11.0. The highest BCUT2D eigenvalue weighted by atomic mass is 16.4. The number of fused-ring (bicyclic) bond motifs is 5. The topological polar surface area (TPSA) is 65.2 Å². The van der Waals surface area contributed by atoms with E-state index in [1.807, 2.05) is 0 Å². The SMILES string of the molecule is C[C@]12CCC(=NO)C[C@@H]1CC[C@@H]1[C@H]2CC[C@]2(C)C(=NO)CC[C@H]12. The van der Waals surface area contributed by atoms with E-state index in [2.05, 4.69) is 24.2 Å². The smallest absolute Gasteiger partial charge is 0.0632 e. The Bertz CT molecular complexity index is 558. The van der Waals surface area contributed by atoms with Gasteiger partial charge in [0.1, 0.15) is 0 Å². The van der Waals surface area contributed by atoms with Crippen LogP contribution in [-0.2, 0) is 0 Å². The second-order valence-electron chi connectivity index (χ2n) is 9.07. The monoisotopic (exact) mass is 318 g/mol. The zero-order chi connectivity index (χ0) is 16.2. The Morgan fingerprint density at radius 1 is 0.913 bits per heavy atom. The lowest BCUT2D eigenvalue weighted by molar-refractivity contribution is -0.0819. The van der Waals surface area contributed by atoms with Gasteiger partial charge in [0.2, 0.25) is 0 Å². The summed E-state index contributed by atoms with van der Waals surface area (Å²) in [5, 5.41) is 25.8. The maximum absolute atomic E-state index is 9.41. The Morgan fingerprint density at radius 3 is 2.48 bits per heavy atom. The van der Waals surface area contributed by atoms with Crippen molar-refractivity contribution in [2.24, 2.45) is 44.8 Å². The summed E-state index contributed by atoms with van der Waals surface area (Å²) >= 11 is 0. The normalized spacial score (nSPS) is 53.0. The van der Waals surface area contributed by atoms with E-state index in [1.54, 1.807) is 0 Å². The fraction of sp³-hybridized carbons (Fsp3) is 0.895. The zero-order valence-electron chi connectivity index (χ0n) is 14.5. The number of rotatable bonds is 0. The molecule has 4 aliphatic carbocycles. The summed E-state index contributed by atoms with van der Waals surface area (Å²) in [6.45, 7) is 4.86. The average Bonchev–Trinajstić information content (AvgIpc) is 2.90. The predicted molar refractivity (Wildman–Crippen MR) is 90.2 cm³/mol. The molecule has 0 unspecified atom stereocenters. The van der Waals surface area contributed by atoms with E-state index >= 15 is 0 Å². The van der Waals surface area contributed by atoms with Gasteiger partial charge in [0.05, 0.1) is 11.4 Å². The molecule has 4 aliphatic rings. The molecule has 0 saturated heterocycles. The summed E-state index contributed by atoms with van der Waals surface area (Å²) in [5.41, 5.74) is 2.64. The van der Waals surface area contributed by atoms with Crippen LogP contribution in [0.1, 0.15) is 71.6 Å². The van der Waals surface area contributed by atoms with Gasteiger partial charge >= 0.3 is 0 Å². The molecule has 0 aromatic carbocycles. The summed E-state index contributed by atoms with van der Waals surface area (Å²) in [6.07, 6.45) is 10.4. The molecule has 128 valence electrons. The summed E-state index contributed by atoms with van der Waals surface area (Å²) in [6, 6.07) is 0. The maximum Gasteiger partial charge on any atom is 0.0632 e. The molecule has 4 fully saturated rings. The third-order valence-corrected chi connectivity index (χ3v) is 8.50. The highest BCUT2D eigenvalue weighted by Crippen LogP contribution is 2.65. The van der Waals surface area contributed by atoms with E-state index in [1.165, 1.54) is 38.5 Å². The van der Waals surface area contributed by atoms with Crippen molar-refractivity contribution in [3.8, 4) is 0 Å². The fourth-order valence-electron chi connectivity index (χ4n) is 7.10. The molecule has 0 aromatic heterocycles. The predicted octanol–water partition coefficient (Wildman–Crippen LogP) is 4.69. The number of nitrogens with zero attached hydrogens (tertiary/aromatic N) is 2. The molecule has 4 saturated carbocycles. The van der Waals surface area contributed by atoms with Crippen LogP contribution < -0.4 is 0 Å². The maximum atomic E-state index is 9.41. The first-order valence-electron chi connectivity index (χ1n) is 9.44. The molecule has 0 heterocycles. The Balaban J connectivity index is 1.63. The van der Waals surface area contributed by atoms with E-state index < -0.39 is 0 Å². The van der Waals surface area contributed by atoms with Crippen LogP contribution in [0.4, 0.5) is 0 Å². The van der Waals surface area contributed by atoms with Gasteiger partial charge in [-0.1, -0.05) is 24.2 Å². The first-order valence-corrected chi connectivity index (χ1v) is 9.44. The lowest BCUT2D eigenvalue weighted by Crippen LogP contribution is -2.53.